The van der Waals surface area contributed by atoms with Crippen LogP contribution < -0.4 is 4.74 Å². The van der Waals surface area contributed by atoms with Gasteiger partial charge in [-0.05, 0) is 42.3 Å². The molecule has 0 aliphatic carbocycles. The molecule has 0 radical (unpaired) electrons. The van der Waals surface area contributed by atoms with Crippen molar-refractivity contribution in [3.8, 4) is 5.75 Å². The van der Waals surface area contributed by atoms with Crippen molar-refractivity contribution in [2.75, 3.05) is 0 Å². The number of benzene rings is 1. The fourth-order valence-electron chi connectivity index (χ4n) is 1.69. The van der Waals surface area contributed by atoms with Gasteiger partial charge in [0.1, 0.15) is 5.75 Å². The van der Waals surface area contributed by atoms with Gasteiger partial charge in [-0.3, -0.25) is 4.79 Å². The van der Waals surface area contributed by atoms with Crippen LogP contribution in [0.5, 0.6) is 5.75 Å². The number of hydrogen-bond acceptors (Lipinski definition) is 5. The highest BCUT2D eigenvalue weighted by atomic mass is 16.5. The zero-order valence-electron chi connectivity index (χ0n) is 10.7. The molecule has 7 heteroatoms. The number of hydrogen-bond donors (Lipinski definition) is 1. The van der Waals surface area contributed by atoms with Gasteiger partial charge in [-0.2, -0.15) is 4.80 Å². The Bertz CT molecular complexity index is 574. The molecule has 19 heavy (non-hydrogen) atoms. The van der Waals surface area contributed by atoms with Gasteiger partial charge < -0.3 is 9.84 Å². The van der Waals surface area contributed by atoms with Gasteiger partial charge in [0.2, 0.25) is 5.82 Å². The summed E-state index contributed by atoms with van der Waals surface area (Å²) in [6.45, 7) is 3.82. The van der Waals surface area contributed by atoms with Crippen LogP contribution in [-0.4, -0.2) is 31.3 Å². The lowest BCUT2D eigenvalue weighted by molar-refractivity contribution is -0.138. The molecule has 1 aromatic heterocycles. The average molecular weight is 262 g/mol. The first kappa shape index (κ1) is 13.0. The van der Waals surface area contributed by atoms with E-state index >= 15 is 0 Å². The summed E-state index contributed by atoms with van der Waals surface area (Å²) in [5, 5.41) is 19.8. The SMILES string of the molecule is Cc1cc(C)cc(OCc2nnn(CC(=O)O)n2)c1. The van der Waals surface area contributed by atoms with Gasteiger partial charge in [-0.1, -0.05) is 6.07 Å². The monoisotopic (exact) mass is 262 g/mol. The van der Waals surface area contributed by atoms with Crippen LogP contribution in [-0.2, 0) is 17.9 Å². The van der Waals surface area contributed by atoms with Crippen molar-refractivity contribution in [2.24, 2.45) is 0 Å². The fourth-order valence-corrected chi connectivity index (χ4v) is 1.69. The summed E-state index contributed by atoms with van der Waals surface area (Å²) < 4.78 is 5.55. The summed E-state index contributed by atoms with van der Waals surface area (Å²) in [5.41, 5.74) is 2.22. The van der Waals surface area contributed by atoms with E-state index in [1.807, 2.05) is 32.0 Å². The molecular formula is C12H14N4O3. The molecule has 100 valence electrons. The van der Waals surface area contributed by atoms with Crippen LogP contribution in [0, 0.1) is 13.8 Å². The van der Waals surface area contributed by atoms with Gasteiger partial charge >= 0.3 is 5.97 Å². The normalized spacial score (nSPS) is 10.4. The van der Waals surface area contributed by atoms with Crippen molar-refractivity contribution in [2.45, 2.75) is 27.0 Å². The number of carboxylic acid groups (broad SMARTS) is 1. The predicted octanol–water partition coefficient (Wildman–Crippen LogP) is 0.954. The molecule has 0 saturated carbocycles. The topological polar surface area (TPSA) is 90.1 Å². The van der Waals surface area contributed by atoms with E-state index in [0.717, 1.165) is 21.7 Å². The summed E-state index contributed by atoms with van der Waals surface area (Å²) in [6.07, 6.45) is 0. The van der Waals surface area contributed by atoms with Crippen LogP contribution in [0.1, 0.15) is 17.0 Å². The molecule has 0 fully saturated rings. The second-order valence-corrected chi connectivity index (χ2v) is 4.24. The Balaban J connectivity index is 1.98. The summed E-state index contributed by atoms with van der Waals surface area (Å²) >= 11 is 0. The zero-order chi connectivity index (χ0) is 13.8. The van der Waals surface area contributed by atoms with E-state index in [1.165, 1.54) is 0 Å². The first-order valence-corrected chi connectivity index (χ1v) is 5.72. The van der Waals surface area contributed by atoms with Crippen molar-refractivity contribution >= 4 is 5.97 Å². The average Bonchev–Trinajstić information content (AvgIpc) is 2.72. The number of aromatic nitrogens is 4. The molecule has 7 nitrogen and oxygen atoms in total. The Morgan fingerprint density at radius 3 is 2.63 bits per heavy atom. The Morgan fingerprint density at radius 2 is 2.00 bits per heavy atom. The highest BCUT2D eigenvalue weighted by molar-refractivity contribution is 5.66. The van der Waals surface area contributed by atoms with E-state index in [-0.39, 0.29) is 13.2 Å². The zero-order valence-corrected chi connectivity index (χ0v) is 10.7. The van der Waals surface area contributed by atoms with Crippen LogP contribution >= 0.6 is 0 Å². The lowest BCUT2D eigenvalue weighted by atomic mass is 10.1. The van der Waals surface area contributed by atoms with Crippen molar-refractivity contribution < 1.29 is 14.6 Å². The molecule has 0 saturated heterocycles. The number of carbonyl (C=O) groups is 1. The van der Waals surface area contributed by atoms with Gasteiger partial charge in [0.25, 0.3) is 0 Å². The van der Waals surface area contributed by atoms with E-state index < -0.39 is 5.97 Å². The molecule has 2 rings (SSSR count). The quantitative estimate of drug-likeness (QED) is 0.862. The third-order valence-corrected chi connectivity index (χ3v) is 2.33. The first-order chi connectivity index (χ1) is 9.02. The second-order valence-electron chi connectivity index (χ2n) is 4.24. The highest BCUT2D eigenvalue weighted by Gasteiger charge is 2.07. The number of nitrogens with zero attached hydrogens (tertiary/aromatic N) is 4. The van der Waals surface area contributed by atoms with Gasteiger partial charge in [0, 0.05) is 0 Å². The Kier molecular flexibility index (Phi) is 3.74. The van der Waals surface area contributed by atoms with E-state index in [1.54, 1.807) is 0 Å². The highest BCUT2D eigenvalue weighted by Crippen LogP contribution is 2.16. The van der Waals surface area contributed by atoms with E-state index in [2.05, 4.69) is 15.4 Å². The Morgan fingerprint density at radius 1 is 1.32 bits per heavy atom. The molecule has 1 aromatic carbocycles. The minimum atomic E-state index is -1.01. The minimum Gasteiger partial charge on any atom is -0.485 e. The molecule has 0 atom stereocenters. The maximum absolute atomic E-state index is 10.5. The third kappa shape index (κ3) is 3.77. The number of aliphatic carboxylic acids is 1. The summed E-state index contributed by atoms with van der Waals surface area (Å²) in [7, 11) is 0. The largest absolute Gasteiger partial charge is 0.485 e. The first-order valence-electron chi connectivity index (χ1n) is 5.72. The lowest BCUT2D eigenvalue weighted by Crippen LogP contribution is -2.12. The molecule has 0 aliphatic heterocycles. The number of aryl methyl sites for hydroxylation is 2. The van der Waals surface area contributed by atoms with E-state index in [9.17, 15) is 4.79 Å². The molecule has 1 N–H and O–H groups in total. The van der Waals surface area contributed by atoms with Crippen LogP contribution in [0.15, 0.2) is 18.2 Å². The molecule has 0 unspecified atom stereocenters. The van der Waals surface area contributed by atoms with E-state index in [0.29, 0.717) is 5.82 Å². The maximum Gasteiger partial charge on any atom is 0.327 e. The summed E-state index contributed by atoms with van der Waals surface area (Å²) in [4.78, 5) is 11.5. The smallest absolute Gasteiger partial charge is 0.327 e. The van der Waals surface area contributed by atoms with Gasteiger partial charge in [0.15, 0.2) is 13.2 Å². The molecular weight excluding hydrogens is 248 g/mol. The van der Waals surface area contributed by atoms with Crippen LogP contribution in [0.3, 0.4) is 0 Å². The third-order valence-electron chi connectivity index (χ3n) is 2.33. The molecule has 2 aromatic rings. The standard InChI is InChI=1S/C12H14N4O3/c1-8-3-9(2)5-10(4-8)19-7-11-13-15-16(14-11)6-12(17)18/h3-5H,6-7H2,1-2H3,(H,17,18). The molecule has 1 heterocycles. The molecule has 0 spiro atoms. The summed E-state index contributed by atoms with van der Waals surface area (Å²) in [6, 6.07) is 5.87. The predicted molar refractivity (Wildman–Crippen MR) is 65.7 cm³/mol. The number of carboxylic acids is 1. The van der Waals surface area contributed by atoms with Gasteiger partial charge in [-0.25, -0.2) is 0 Å². The number of ether oxygens (including phenoxy) is 1. The maximum atomic E-state index is 10.5. The lowest BCUT2D eigenvalue weighted by Gasteiger charge is -2.05. The minimum absolute atomic E-state index is 0.155. The Hall–Kier alpha value is -2.44. The number of rotatable bonds is 5. The van der Waals surface area contributed by atoms with Crippen molar-refractivity contribution in [1.29, 1.82) is 0 Å². The number of tetrazole rings is 1. The van der Waals surface area contributed by atoms with Gasteiger partial charge in [-0.15, -0.1) is 10.2 Å². The van der Waals surface area contributed by atoms with Crippen molar-refractivity contribution in [3.05, 3.63) is 35.2 Å². The van der Waals surface area contributed by atoms with Crippen molar-refractivity contribution in [1.82, 2.24) is 20.2 Å². The fraction of sp³-hybridized carbons (Fsp3) is 0.333. The van der Waals surface area contributed by atoms with Gasteiger partial charge in [0.05, 0.1) is 0 Å². The molecule has 0 amide bonds. The molecule has 0 bridgehead atoms. The van der Waals surface area contributed by atoms with Crippen LogP contribution in [0.25, 0.3) is 0 Å². The van der Waals surface area contributed by atoms with Crippen LogP contribution in [0.2, 0.25) is 0 Å². The van der Waals surface area contributed by atoms with Crippen molar-refractivity contribution in [3.63, 3.8) is 0 Å². The summed E-state index contributed by atoms with van der Waals surface area (Å²) in [5.74, 6) is 0.0617. The Labute approximate surface area is 109 Å². The van der Waals surface area contributed by atoms with Crippen LogP contribution in [0.4, 0.5) is 0 Å². The molecule has 0 aliphatic rings. The van der Waals surface area contributed by atoms with E-state index in [4.69, 9.17) is 9.84 Å². The second kappa shape index (κ2) is 5.47.